The summed E-state index contributed by atoms with van der Waals surface area (Å²) in [5.41, 5.74) is 0. The summed E-state index contributed by atoms with van der Waals surface area (Å²) in [4.78, 5) is 0. The van der Waals surface area contributed by atoms with Crippen LogP contribution in [-0.4, -0.2) is 42.9 Å². The van der Waals surface area contributed by atoms with Crippen molar-refractivity contribution in [1.82, 2.24) is 5.32 Å². The van der Waals surface area contributed by atoms with Crippen LogP contribution in [0.4, 0.5) is 0 Å². The maximum atomic E-state index is 8.70. The molecule has 2 atom stereocenters. The van der Waals surface area contributed by atoms with Crippen molar-refractivity contribution in [1.29, 1.82) is 0 Å². The molecule has 2 unspecified atom stereocenters. The molecule has 10 heavy (non-hydrogen) atoms. The van der Waals surface area contributed by atoms with Gasteiger partial charge in [-0.2, -0.15) is 0 Å². The maximum Gasteiger partial charge on any atom is 0.469 e. The highest BCUT2D eigenvalue weighted by Gasteiger charge is 2.31. The Balaban J connectivity index is 2.28. The van der Waals surface area contributed by atoms with Crippen LogP contribution in [0.1, 0.15) is 6.42 Å². The highest BCUT2D eigenvalue weighted by molar-refractivity contribution is 6.43. The number of methoxy groups -OCH3 is 1. The van der Waals surface area contributed by atoms with Gasteiger partial charge in [-0.25, -0.2) is 0 Å². The summed E-state index contributed by atoms with van der Waals surface area (Å²) in [5.74, 6) is -0.218. The Kier molecular flexibility index (Phi) is 2.68. The molecule has 1 saturated heterocycles. The Morgan fingerprint density at radius 1 is 1.60 bits per heavy atom. The predicted octanol–water partition coefficient (Wildman–Crippen LogP) is -1.62. The molecule has 0 bridgehead atoms. The van der Waals surface area contributed by atoms with Gasteiger partial charge >= 0.3 is 7.12 Å². The van der Waals surface area contributed by atoms with Crippen molar-refractivity contribution in [3.63, 3.8) is 0 Å². The molecule has 3 N–H and O–H groups in total. The van der Waals surface area contributed by atoms with Crippen LogP contribution in [0.2, 0.25) is 0 Å². The Morgan fingerprint density at radius 2 is 2.30 bits per heavy atom. The molecule has 0 spiro atoms. The normalized spacial score (nSPS) is 32.7. The fourth-order valence-corrected chi connectivity index (χ4v) is 1.14. The molecule has 1 aliphatic rings. The summed E-state index contributed by atoms with van der Waals surface area (Å²) in [5, 5.41) is 20.3. The van der Waals surface area contributed by atoms with Crippen molar-refractivity contribution in [3.05, 3.63) is 0 Å². The Morgan fingerprint density at radius 3 is 2.60 bits per heavy atom. The number of rotatable bonds is 2. The minimum atomic E-state index is -1.26. The summed E-state index contributed by atoms with van der Waals surface area (Å²) < 4.78 is 5.01. The highest BCUT2D eigenvalue weighted by atomic mass is 16.5. The third-order valence-electron chi connectivity index (χ3n) is 1.82. The van der Waals surface area contributed by atoms with Gasteiger partial charge in [-0.05, 0) is 6.42 Å². The number of nitrogens with one attached hydrogen (secondary N) is 1. The van der Waals surface area contributed by atoms with Crippen molar-refractivity contribution in [2.24, 2.45) is 0 Å². The van der Waals surface area contributed by atoms with Crippen LogP contribution in [0.15, 0.2) is 0 Å². The molecule has 0 aromatic heterocycles. The van der Waals surface area contributed by atoms with Gasteiger partial charge in [-0.1, -0.05) is 0 Å². The van der Waals surface area contributed by atoms with Crippen molar-refractivity contribution >= 4 is 7.12 Å². The molecule has 0 saturated carbocycles. The molecule has 4 nitrogen and oxygen atoms in total. The average Bonchev–Trinajstić information content (AvgIpc) is 2.34. The number of hydrogen-bond acceptors (Lipinski definition) is 4. The van der Waals surface area contributed by atoms with Gasteiger partial charge in [0.15, 0.2) is 0 Å². The van der Waals surface area contributed by atoms with E-state index in [2.05, 4.69) is 5.32 Å². The van der Waals surface area contributed by atoms with Gasteiger partial charge < -0.3 is 20.1 Å². The first-order chi connectivity index (χ1) is 4.74. The van der Waals surface area contributed by atoms with Gasteiger partial charge in [0.1, 0.15) is 0 Å². The van der Waals surface area contributed by atoms with Gasteiger partial charge in [-0.3, -0.25) is 0 Å². The van der Waals surface area contributed by atoms with E-state index in [-0.39, 0.29) is 12.0 Å². The quantitative estimate of drug-likeness (QED) is 0.408. The molecule has 0 aromatic carbocycles. The zero-order valence-electron chi connectivity index (χ0n) is 5.95. The second kappa shape index (κ2) is 3.34. The summed E-state index contributed by atoms with van der Waals surface area (Å²) >= 11 is 0. The lowest BCUT2D eigenvalue weighted by atomic mass is 9.78. The summed E-state index contributed by atoms with van der Waals surface area (Å²) in [6.45, 7) is 0.707. The van der Waals surface area contributed by atoms with Gasteiger partial charge in [0.05, 0.1) is 6.10 Å². The maximum absolute atomic E-state index is 8.70. The van der Waals surface area contributed by atoms with Gasteiger partial charge in [-0.15, -0.1) is 0 Å². The minimum absolute atomic E-state index is 0.131. The zero-order chi connectivity index (χ0) is 7.56. The lowest BCUT2D eigenvalue weighted by Gasteiger charge is -2.06. The molecule has 0 aliphatic carbocycles. The zero-order valence-corrected chi connectivity index (χ0v) is 5.95. The Bertz CT molecular complexity index is 111. The summed E-state index contributed by atoms with van der Waals surface area (Å²) in [7, 11) is 0.360. The van der Waals surface area contributed by atoms with Crippen molar-refractivity contribution < 1.29 is 14.8 Å². The minimum Gasteiger partial charge on any atom is -0.426 e. The molecule has 0 radical (unpaired) electrons. The molecule has 1 rings (SSSR count). The van der Waals surface area contributed by atoms with Crippen LogP contribution in [-0.2, 0) is 4.74 Å². The van der Waals surface area contributed by atoms with E-state index in [0.29, 0.717) is 13.0 Å². The van der Waals surface area contributed by atoms with E-state index in [1.165, 1.54) is 0 Å². The molecule has 1 fully saturated rings. The lowest BCUT2D eigenvalue weighted by molar-refractivity contribution is 0.118. The largest absolute Gasteiger partial charge is 0.469 e. The second-order valence-electron chi connectivity index (χ2n) is 2.52. The predicted molar refractivity (Wildman–Crippen MR) is 37.4 cm³/mol. The Hall–Kier alpha value is -0.0951. The first-order valence-electron chi connectivity index (χ1n) is 3.36. The molecule has 1 heterocycles. The fraction of sp³-hybridized carbons (Fsp3) is 1.00. The fourth-order valence-electron chi connectivity index (χ4n) is 1.14. The standard InChI is InChI=1S/C5H12BNO3/c1-10-4-2-5(6(8)9)7-3-4/h4-5,7-9H,2-3H2,1H3. The molecule has 0 amide bonds. The lowest BCUT2D eigenvalue weighted by Crippen LogP contribution is -2.38. The molecular weight excluding hydrogens is 133 g/mol. The van der Waals surface area contributed by atoms with E-state index < -0.39 is 7.12 Å². The van der Waals surface area contributed by atoms with Crippen molar-refractivity contribution in [3.8, 4) is 0 Å². The van der Waals surface area contributed by atoms with Crippen LogP contribution in [0, 0.1) is 0 Å². The van der Waals surface area contributed by atoms with Crippen LogP contribution >= 0.6 is 0 Å². The molecule has 1 aliphatic heterocycles. The van der Waals surface area contributed by atoms with Crippen LogP contribution in [0.3, 0.4) is 0 Å². The molecule has 58 valence electrons. The van der Waals surface area contributed by atoms with Crippen LogP contribution < -0.4 is 5.32 Å². The summed E-state index contributed by atoms with van der Waals surface area (Å²) in [6, 6.07) is 0. The van der Waals surface area contributed by atoms with Gasteiger partial charge in [0.25, 0.3) is 0 Å². The number of ether oxygens (including phenoxy) is 1. The third-order valence-corrected chi connectivity index (χ3v) is 1.82. The number of hydrogen-bond donors (Lipinski definition) is 3. The van der Waals surface area contributed by atoms with E-state index in [1.54, 1.807) is 7.11 Å². The molecular formula is C5H12BNO3. The smallest absolute Gasteiger partial charge is 0.426 e. The summed E-state index contributed by atoms with van der Waals surface area (Å²) in [6.07, 6.45) is 0.806. The van der Waals surface area contributed by atoms with Gasteiger partial charge in [0, 0.05) is 19.6 Å². The topological polar surface area (TPSA) is 61.7 Å². The first-order valence-corrected chi connectivity index (χ1v) is 3.36. The van der Waals surface area contributed by atoms with Crippen LogP contribution in [0.5, 0.6) is 0 Å². The van der Waals surface area contributed by atoms with E-state index in [1.807, 2.05) is 0 Å². The first kappa shape index (κ1) is 8.01. The third kappa shape index (κ3) is 1.70. The van der Waals surface area contributed by atoms with E-state index in [9.17, 15) is 0 Å². The SMILES string of the molecule is COC1CNC(B(O)O)C1. The van der Waals surface area contributed by atoms with E-state index in [0.717, 1.165) is 0 Å². The molecule has 0 aromatic rings. The highest BCUT2D eigenvalue weighted by Crippen LogP contribution is 2.09. The molecule has 5 heteroatoms. The van der Waals surface area contributed by atoms with E-state index in [4.69, 9.17) is 14.8 Å². The Labute approximate surface area is 60.3 Å². The monoisotopic (exact) mass is 145 g/mol. The average molecular weight is 145 g/mol. The van der Waals surface area contributed by atoms with E-state index >= 15 is 0 Å². The van der Waals surface area contributed by atoms with Crippen molar-refractivity contribution in [2.45, 2.75) is 18.5 Å². The van der Waals surface area contributed by atoms with Crippen molar-refractivity contribution in [2.75, 3.05) is 13.7 Å². The van der Waals surface area contributed by atoms with Gasteiger partial charge in [0.2, 0.25) is 0 Å². The second-order valence-corrected chi connectivity index (χ2v) is 2.52. The van der Waals surface area contributed by atoms with Crippen LogP contribution in [0.25, 0.3) is 0 Å².